The third-order valence-electron chi connectivity index (χ3n) is 4.79. The molecule has 0 aliphatic carbocycles. The predicted octanol–water partition coefficient (Wildman–Crippen LogP) is 1.25. The van der Waals surface area contributed by atoms with Gasteiger partial charge in [0.2, 0.25) is 0 Å². The Bertz CT molecular complexity index is 983. The maximum absolute atomic E-state index is 11.9. The molecule has 2 atom stereocenters. The summed E-state index contributed by atoms with van der Waals surface area (Å²) in [6, 6.07) is 7.31. The van der Waals surface area contributed by atoms with Crippen molar-refractivity contribution in [2.75, 3.05) is 18.5 Å². The number of fused-ring (bicyclic) bond motifs is 1. The Morgan fingerprint density at radius 1 is 1.50 bits per heavy atom. The summed E-state index contributed by atoms with van der Waals surface area (Å²) in [7, 11) is -1.00. The van der Waals surface area contributed by atoms with E-state index in [2.05, 4.69) is 16.5 Å². The molecule has 2 aromatic rings. The quantitative estimate of drug-likeness (QED) is 0.681. The van der Waals surface area contributed by atoms with Crippen molar-refractivity contribution in [3.63, 3.8) is 0 Å². The SMILES string of the molecule is N#CC1CCOCC1n1cc(C(N)=O)c(Nc2ccc3c(c2)OB(O)C=C3)n1. The number of carbonyl (C=O) groups is 1. The van der Waals surface area contributed by atoms with Crippen molar-refractivity contribution in [2.45, 2.75) is 12.5 Å². The second-order valence-corrected chi connectivity index (χ2v) is 6.65. The van der Waals surface area contributed by atoms with E-state index < -0.39 is 13.0 Å². The highest BCUT2D eigenvalue weighted by Gasteiger charge is 2.29. The van der Waals surface area contributed by atoms with Crippen molar-refractivity contribution < 1.29 is 19.2 Å². The molecule has 1 amide bonds. The number of nitrogens with one attached hydrogen (secondary N) is 1. The molecule has 0 saturated carbocycles. The van der Waals surface area contributed by atoms with E-state index in [9.17, 15) is 15.1 Å². The third-order valence-corrected chi connectivity index (χ3v) is 4.79. The minimum absolute atomic E-state index is 0.209. The highest BCUT2D eigenvalue weighted by Crippen LogP contribution is 2.31. The summed E-state index contributed by atoms with van der Waals surface area (Å²) in [6.07, 6.45) is 3.91. The third kappa shape index (κ3) is 3.45. The van der Waals surface area contributed by atoms with E-state index in [1.165, 1.54) is 6.20 Å². The lowest BCUT2D eigenvalue weighted by atomic mass is 9.86. The number of primary amides is 1. The number of amides is 1. The Labute approximate surface area is 161 Å². The lowest BCUT2D eigenvalue weighted by Gasteiger charge is -2.26. The average molecular weight is 379 g/mol. The fourth-order valence-corrected chi connectivity index (χ4v) is 3.31. The fraction of sp³-hybridized carbons (Fsp3) is 0.278. The van der Waals surface area contributed by atoms with Gasteiger partial charge in [-0.1, -0.05) is 6.08 Å². The molecule has 2 aliphatic heterocycles. The molecule has 3 heterocycles. The molecule has 28 heavy (non-hydrogen) atoms. The summed E-state index contributed by atoms with van der Waals surface area (Å²) < 4.78 is 12.4. The number of ether oxygens (including phenoxy) is 1. The van der Waals surface area contributed by atoms with Gasteiger partial charge in [-0.3, -0.25) is 9.48 Å². The summed E-state index contributed by atoms with van der Waals surface area (Å²) in [5, 5.41) is 26.5. The minimum Gasteiger partial charge on any atom is -0.532 e. The molecule has 1 fully saturated rings. The summed E-state index contributed by atoms with van der Waals surface area (Å²) in [6.45, 7) is 0.869. The van der Waals surface area contributed by atoms with Gasteiger partial charge >= 0.3 is 7.12 Å². The smallest absolute Gasteiger partial charge is 0.532 e. The number of nitriles is 1. The van der Waals surface area contributed by atoms with Crippen LogP contribution in [-0.4, -0.2) is 41.0 Å². The molecular formula is C18H18BN5O4. The number of anilines is 2. The van der Waals surface area contributed by atoms with Gasteiger partial charge in [-0.15, -0.1) is 0 Å². The first-order valence-electron chi connectivity index (χ1n) is 8.85. The van der Waals surface area contributed by atoms with Crippen LogP contribution in [0, 0.1) is 17.2 Å². The van der Waals surface area contributed by atoms with Crippen LogP contribution in [0.25, 0.3) is 6.08 Å². The van der Waals surface area contributed by atoms with Gasteiger partial charge in [0, 0.05) is 30.1 Å². The van der Waals surface area contributed by atoms with Crippen LogP contribution in [0.15, 0.2) is 30.4 Å². The van der Waals surface area contributed by atoms with Crippen LogP contribution in [0.1, 0.15) is 28.4 Å². The van der Waals surface area contributed by atoms with Crippen molar-refractivity contribution in [1.29, 1.82) is 5.26 Å². The number of aromatic nitrogens is 2. The number of carbonyl (C=O) groups excluding carboxylic acids is 1. The summed E-state index contributed by atoms with van der Waals surface area (Å²) in [5.41, 5.74) is 7.16. The number of rotatable bonds is 4. The van der Waals surface area contributed by atoms with Crippen LogP contribution < -0.4 is 15.7 Å². The molecular weight excluding hydrogens is 361 g/mol. The maximum atomic E-state index is 11.9. The van der Waals surface area contributed by atoms with Gasteiger partial charge in [0.25, 0.3) is 5.91 Å². The van der Waals surface area contributed by atoms with Crippen molar-refractivity contribution in [3.8, 4) is 11.8 Å². The molecule has 0 spiro atoms. The zero-order chi connectivity index (χ0) is 19.7. The lowest BCUT2D eigenvalue weighted by Crippen LogP contribution is -2.29. The molecule has 0 bridgehead atoms. The van der Waals surface area contributed by atoms with E-state index in [0.29, 0.717) is 31.1 Å². The van der Waals surface area contributed by atoms with E-state index in [-0.39, 0.29) is 23.3 Å². The molecule has 1 aromatic carbocycles. The van der Waals surface area contributed by atoms with E-state index in [1.54, 1.807) is 28.9 Å². The van der Waals surface area contributed by atoms with Gasteiger partial charge in [0.1, 0.15) is 11.3 Å². The predicted molar refractivity (Wildman–Crippen MR) is 102 cm³/mol. The fourth-order valence-electron chi connectivity index (χ4n) is 3.31. The van der Waals surface area contributed by atoms with E-state index in [0.717, 1.165) is 5.56 Å². The molecule has 2 aliphatic rings. The van der Waals surface area contributed by atoms with Crippen LogP contribution in [0.3, 0.4) is 0 Å². The van der Waals surface area contributed by atoms with Gasteiger partial charge in [-0.2, -0.15) is 10.4 Å². The second kappa shape index (κ2) is 7.38. The topological polar surface area (TPSA) is 135 Å². The molecule has 0 radical (unpaired) electrons. The van der Waals surface area contributed by atoms with Crippen molar-refractivity contribution in [1.82, 2.24) is 9.78 Å². The highest BCUT2D eigenvalue weighted by molar-refractivity contribution is 6.51. The van der Waals surface area contributed by atoms with Gasteiger partial charge in [-0.05, 0) is 24.5 Å². The van der Waals surface area contributed by atoms with Crippen LogP contribution >= 0.6 is 0 Å². The summed E-state index contributed by atoms with van der Waals surface area (Å²) >= 11 is 0. The van der Waals surface area contributed by atoms with Gasteiger partial charge in [-0.25, -0.2) is 0 Å². The van der Waals surface area contributed by atoms with Gasteiger partial charge in [0.05, 0.1) is 24.6 Å². The summed E-state index contributed by atoms with van der Waals surface area (Å²) in [4.78, 5) is 11.9. The van der Waals surface area contributed by atoms with Crippen LogP contribution in [0.4, 0.5) is 11.5 Å². The highest BCUT2D eigenvalue weighted by atomic mass is 16.5. The van der Waals surface area contributed by atoms with Crippen LogP contribution in [0.5, 0.6) is 5.75 Å². The molecule has 4 N–H and O–H groups in total. The first kappa shape index (κ1) is 18.1. The molecule has 10 heteroatoms. The molecule has 142 valence electrons. The molecule has 4 rings (SSSR count). The molecule has 9 nitrogen and oxygen atoms in total. The zero-order valence-corrected chi connectivity index (χ0v) is 14.9. The van der Waals surface area contributed by atoms with Gasteiger partial charge in [0.15, 0.2) is 5.82 Å². The lowest BCUT2D eigenvalue weighted by molar-refractivity contribution is 0.0342. The largest absolute Gasteiger partial charge is 0.552 e. The summed E-state index contributed by atoms with van der Waals surface area (Å²) in [5.74, 6) is 1.44. The normalized spacial score (nSPS) is 20.8. The molecule has 1 saturated heterocycles. The first-order chi connectivity index (χ1) is 13.5. The van der Waals surface area contributed by atoms with Gasteiger partial charge < -0.3 is 25.5 Å². The van der Waals surface area contributed by atoms with Crippen molar-refractivity contribution >= 4 is 30.6 Å². The maximum Gasteiger partial charge on any atom is 0.552 e. The molecule has 2 unspecified atom stereocenters. The minimum atomic E-state index is -1.00. The first-order valence-corrected chi connectivity index (χ1v) is 8.85. The van der Waals surface area contributed by atoms with E-state index in [4.69, 9.17) is 15.1 Å². The van der Waals surface area contributed by atoms with Crippen LogP contribution in [0.2, 0.25) is 0 Å². The number of hydrogen-bond acceptors (Lipinski definition) is 7. The van der Waals surface area contributed by atoms with Crippen molar-refractivity contribution in [3.05, 3.63) is 41.5 Å². The van der Waals surface area contributed by atoms with E-state index >= 15 is 0 Å². The number of nitrogens with zero attached hydrogens (tertiary/aromatic N) is 3. The van der Waals surface area contributed by atoms with Crippen molar-refractivity contribution in [2.24, 2.45) is 11.7 Å². The Hall–Kier alpha value is -3.29. The molecule has 1 aromatic heterocycles. The second-order valence-electron chi connectivity index (χ2n) is 6.65. The Morgan fingerprint density at radius 2 is 2.36 bits per heavy atom. The average Bonchev–Trinajstić information content (AvgIpc) is 3.11. The monoisotopic (exact) mass is 379 g/mol. The number of hydrogen-bond donors (Lipinski definition) is 3. The Kier molecular flexibility index (Phi) is 4.77. The van der Waals surface area contributed by atoms with E-state index in [1.807, 2.05) is 6.07 Å². The number of nitrogens with two attached hydrogens (primary N) is 1. The Balaban J connectivity index is 1.64. The van der Waals surface area contributed by atoms with Crippen LogP contribution in [-0.2, 0) is 4.74 Å². The zero-order valence-electron chi connectivity index (χ0n) is 14.9. The Morgan fingerprint density at radius 3 is 3.14 bits per heavy atom. The number of benzene rings is 1. The standard InChI is InChI=1S/C18H18BN5O4/c20-8-12-4-6-27-10-15(12)24-9-14(17(21)25)18(23-24)22-13-2-1-11-3-5-19(26)28-16(11)7-13/h1-3,5,7,9,12,15,26H,4,6,10H2,(H2,21,25)(H,22,23).